The number of rotatable bonds is 2. The maximum atomic E-state index is 2.40. The summed E-state index contributed by atoms with van der Waals surface area (Å²) < 4.78 is 0. The zero-order valence-corrected chi connectivity index (χ0v) is 7.24. The van der Waals surface area contributed by atoms with E-state index in [1.165, 1.54) is 24.8 Å². The molecule has 0 bridgehead atoms. The molecule has 1 fully saturated rings. The van der Waals surface area contributed by atoms with Gasteiger partial charge in [0.1, 0.15) is 0 Å². The summed E-state index contributed by atoms with van der Waals surface area (Å²) in [6.07, 6.45) is 2.58. The van der Waals surface area contributed by atoms with Crippen LogP contribution in [0, 0.1) is 0 Å². The molecular weight excluding hydrogens is 145 g/mol. The highest BCUT2D eigenvalue weighted by Crippen LogP contribution is 2.10. The summed E-state index contributed by atoms with van der Waals surface area (Å²) in [5.41, 5.74) is 1.41. The predicted molar refractivity (Wildman–Crippen MR) is 52.0 cm³/mol. The van der Waals surface area contributed by atoms with Crippen LogP contribution in [-0.4, -0.2) is 18.8 Å². The first-order chi connectivity index (χ1) is 5.95. The largest absolute Gasteiger partial charge is 0.343 e. The molecule has 0 spiro atoms. The smallest absolute Gasteiger partial charge is 0.208 e. The molecule has 61 valence electrons. The van der Waals surface area contributed by atoms with Crippen molar-refractivity contribution in [2.24, 2.45) is 0 Å². The second kappa shape index (κ2) is 3.77. The van der Waals surface area contributed by atoms with Crippen LogP contribution in [0.2, 0.25) is 6.32 Å². The van der Waals surface area contributed by atoms with E-state index >= 15 is 0 Å². The van der Waals surface area contributed by atoms with Gasteiger partial charge in [-0.05, 0) is 18.5 Å². The molecule has 0 aromatic heterocycles. The van der Waals surface area contributed by atoms with Crippen LogP contribution < -0.4 is 0 Å². The number of benzene rings is 1. The minimum Gasteiger partial charge on any atom is -0.343 e. The zero-order valence-electron chi connectivity index (χ0n) is 7.24. The average Bonchev–Trinajstić information content (AvgIpc) is 2.59. The van der Waals surface area contributed by atoms with Crippen LogP contribution in [0.25, 0.3) is 0 Å². The zero-order chi connectivity index (χ0) is 8.23. The Hall–Kier alpha value is -0.755. The first-order valence-electron chi connectivity index (χ1n) is 4.56. The molecule has 0 unspecified atom stereocenters. The number of hydrogen-bond donors (Lipinski definition) is 0. The Bertz CT molecular complexity index is 229. The molecule has 12 heavy (non-hydrogen) atoms. The molecule has 0 aliphatic carbocycles. The van der Waals surface area contributed by atoms with Crippen molar-refractivity contribution in [2.75, 3.05) is 6.54 Å². The van der Waals surface area contributed by atoms with Crippen LogP contribution in [0.15, 0.2) is 30.3 Å². The SMILES string of the molecule is [B]1CCCN1Cc1ccccc1. The first-order valence-corrected chi connectivity index (χ1v) is 4.56. The third-order valence-corrected chi connectivity index (χ3v) is 2.27. The molecule has 2 heteroatoms. The third-order valence-electron chi connectivity index (χ3n) is 2.27. The van der Waals surface area contributed by atoms with Gasteiger partial charge >= 0.3 is 0 Å². The van der Waals surface area contributed by atoms with Crippen molar-refractivity contribution in [3.05, 3.63) is 35.9 Å². The molecule has 1 nitrogen and oxygen atoms in total. The molecule has 1 saturated heterocycles. The minimum absolute atomic E-state index is 1.08. The molecule has 1 aliphatic heterocycles. The van der Waals surface area contributed by atoms with Crippen LogP contribution in [0.5, 0.6) is 0 Å². The Labute approximate surface area is 74.7 Å². The Morgan fingerprint density at radius 2 is 2.08 bits per heavy atom. The summed E-state index contributed by atoms with van der Waals surface area (Å²) in [6, 6.07) is 10.6. The lowest BCUT2D eigenvalue weighted by molar-refractivity contribution is 0.471. The molecule has 0 atom stereocenters. The van der Waals surface area contributed by atoms with E-state index in [0.29, 0.717) is 0 Å². The summed E-state index contributed by atoms with van der Waals surface area (Å²) in [5, 5.41) is 0. The van der Waals surface area contributed by atoms with Gasteiger partial charge < -0.3 is 4.81 Å². The van der Waals surface area contributed by atoms with Crippen LogP contribution >= 0.6 is 0 Å². The summed E-state index contributed by atoms with van der Waals surface area (Å²) in [6.45, 7) is 2.32. The van der Waals surface area contributed by atoms with E-state index < -0.39 is 0 Å². The van der Waals surface area contributed by atoms with E-state index in [9.17, 15) is 0 Å². The molecular formula is C10H13BN. The van der Waals surface area contributed by atoms with E-state index in [-0.39, 0.29) is 0 Å². The van der Waals surface area contributed by atoms with Crippen molar-refractivity contribution in [3.63, 3.8) is 0 Å². The average molecular weight is 158 g/mol. The third kappa shape index (κ3) is 1.89. The van der Waals surface area contributed by atoms with Crippen molar-refractivity contribution >= 4 is 7.41 Å². The van der Waals surface area contributed by atoms with Crippen LogP contribution in [0.1, 0.15) is 12.0 Å². The maximum absolute atomic E-state index is 2.40. The van der Waals surface area contributed by atoms with Crippen LogP contribution in [-0.2, 0) is 6.54 Å². The number of hydrogen-bond acceptors (Lipinski definition) is 1. The molecule has 0 N–H and O–H groups in total. The first kappa shape index (κ1) is 7.87. The van der Waals surface area contributed by atoms with Gasteiger partial charge in [-0.3, -0.25) is 0 Å². The van der Waals surface area contributed by atoms with Gasteiger partial charge in [0.15, 0.2) is 0 Å². The fourth-order valence-corrected chi connectivity index (χ4v) is 1.62. The summed E-state index contributed by atoms with van der Waals surface area (Å²) >= 11 is 0. The topological polar surface area (TPSA) is 3.24 Å². The molecule has 2 rings (SSSR count). The Morgan fingerprint density at radius 3 is 2.75 bits per heavy atom. The summed E-state index contributed by atoms with van der Waals surface area (Å²) in [7, 11) is 2.31. The van der Waals surface area contributed by atoms with E-state index in [1.807, 2.05) is 0 Å². The second-order valence-corrected chi connectivity index (χ2v) is 3.28. The monoisotopic (exact) mass is 158 g/mol. The van der Waals surface area contributed by atoms with E-state index in [4.69, 9.17) is 0 Å². The van der Waals surface area contributed by atoms with Gasteiger partial charge in [0, 0.05) is 6.54 Å². The van der Waals surface area contributed by atoms with Gasteiger partial charge in [0.2, 0.25) is 7.41 Å². The van der Waals surface area contributed by atoms with Crippen molar-refractivity contribution in [3.8, 4) is 0 Å². The lowest BCUT2D eigenvalue weighted by Crippen LogP contribution is -2.20. The molecule has 1 aromatic rings. The summed E-state index contributed by atoms with van der Waals surface area (Å²) in [4.78, 5) is 2.40. The highest BCUT2D eigenvalue weighted by molar-refractivity contribution is 6.32. The highest BCUT2D eigenvalue weighted by atomic mass is 15.0. The van der Waals surface area contributed by atoms with Crippen molar-refractivity contribution in [1.29, 1.82) is 0 Å². The van der Waals surface area contributed by atoms with Crippen molar-refractivity contribution < 1.29 is 0 Å². The van der Waals surface area contributed by atoms with E-state index in [1.54, 1.807) is 0 Å². The van der Waals surface area contributed by atoms with Gasteiger partial charge in [-0.2, -0.15) is 0 Å². The van der Waals surface area contributed by atoms with Gasteiger partial charge in [0.25, 0.3) is 0 Å². The molecule has 1 aliphatic rings. The standard InChI is InChI=1S/C10H13BN/c1-2-5-10(6-3-1)9-12-8-4-7-11-12/h1-3,5-6H,4,7-9H2. The lowest BCUT2D eigenvalue weighted by atomic mass is 9.90. The highest BCUT2D eigenvalue weighted by Gasteiger charge is 2.12. The van der Waals surface area contributed by atoms with Crippen LogP contribution in [0.4, 0.5) is 0 Å². The van der Waals surface area contributed by atoms with Gasteiger partial charge in [-0.15, -0.1) is 0 Å². The fourth-order valence-electron chi connectivity index (χ4n) is 1.62. The Morgan fingerprint density at radius 1 is 1.25 bits per heavy atom. The molecule has 1 aromatic carbocycles. The maximum Gasteiger partial charge on any atom is 0.208 e. The molecule has 1 heterocycles. The van der Waals surface area contributed by atoms with E-state index in [2.05, 4.69) is 42.6 Å². The van der Waals surface area contributed by atoms with Crippen molar-refractivity contribution in [1.82, 2.24) is 4.81 Å². The minimum atomic E-state index is 1.08. The Balaban J connectivity index is 1.94. The van der Waals surface area contributed by atoms with E-state index in [0.717, 1.165) is 6.54 Å². The molecule has 1 radical (unpaired) electrons. The molecule has 0 amide bonds. The summed E-state index contributed by atoms with van der Waals surface area (Å²) in [5.74, 6) is 0. The molecule has 0 saturated carbocycles. The van der Waals surface area contributed by atoms with Crippen molar-refractivity contribution in [2.45, 2.75) is 19.3 Å². The van der Waals surface area contributed by atoms with Crippen LogP contribution in [0.3, 0.4) is 0 Å². The Kier molecular flexibility index (Phi) is 2.47. The predicted octanol–water partition coefficient (Wildman–Crippen LogP) is 1.93. The normalized spacial score (nSPS) is 17.7. The number of nitrogens with zero attached hydrogens (tertiary/aromatic N) is 1. The van der Waals surface area contributed by atoms with Gasteiger partial charge in [0.05, 0.1) is 0 Å². The second-order valence-electron chi connectivity index (χ2n) is 3.28. The fraction of sp³-hybridized carbons (Fsp3) is 0.400. The quantitative estimate of drug-likeness (QED) is 0.594. The van der Waals surface area contributed by atoms with Gasteiger partial charge in [-0.1, -0.05) is 36.7 Å². The van der Waals surface area contributed by atoms with Gasteiger partial charge in [-0.25, -0.2) is 0 Å². The lowest BCUT2D eigenvalue weighted by Gasteiger charge is -2.13.